The van der Waals surface area contributed by atoms with Crippen LogP contribution in [-0.4, -0.2) is 33.8 Å². The van der Waals surface area contributed by atoms with Gasteiger partial charge in [0.15, 0.2) is 0 Å². The lowest BCUT2D eigenvalue weighted by Gasteiger charge is -2.11. The van der Waals surface area contributed by atoms with Gasteiger partial charge in [0.25, 0.3) is 0 Å². The zero-order chi connectivity index (χ0) is 20.4. The minimum Gasteiger partial charge on any atom is -0.465 e. The van der Waals surface area contributed by atoms with Gasteiger partial charge in [-0.05, 0) is 48.4 Å². The Morgan fingerprint density at radius 1 is 1.14 bits per heavy atom. The molecule has 1 saturated heterocycles. The van der Waals surface area contributed by atoms with Crippen LogP contribution in [0.1, 0.15) is 23.6 Å². The molecule has 146 valence electrons. The molecule has 1 atom stereocenters. The molecule has 2 heterocycles. The summed E-state index contributed by atoms with van der Waals surface area (Å²) >= 11 is 0. The van der Waals surface area contributed by atoms with Gasteiger partial charge in [-0.25, -0.2) is 4.79 Å². The first-order chi connectivity index (χ1) is 14.1. The smallest absolute Gasteiger partial charge is 0.407 e. The number of nitrogens with zero attached hydrogens (tertiary/aromatic N) is 3. The molecule has 29 heavy (non-hydrogen) atoms. The fourth-order valence-corrected chi connectivity index (χ4v) is 3.67. The quantitative estimate of drug-likeness (QED) is 0.697. The second-order valence-corrected chi connectivity index (χ2v) is 6.95. The Hall–Kier alpha value is -3.92. The molecular weight excluding hydrogens is 368 g/mol. The third-order valence-corrected chi connectivity index (χ3v) is 5.17. The van der Waals surface area contributed by atoms with E-state index in [1.54, 1.807) is 4.57 Å². The molecule has 0 saturated carbocycles. The highest BCUT2D eigenvalue weighted by molar-refractivity contribution is 5.67. The van der Waals surface area contributed by atoms with Crippen molar-refractivity contribution in [2.75, 3.05) is 18.8 Å². The van der Waals surface area contributed by atoms with Crippen molar-refractivity contribution in [3.05, 3.63) is 72.1 Å². The molecule has 1 fully saturated rings. The van der Waals surface area contributed by atoms with E-state index < -0.39 is 6.09 Å². The number of para-hydroxylation sites is 1. The van der Waals surface area contributed by atoms with Gasteiger partial charge in [-0.15, -0.1) is 0 Å². The summed E-state index contributed by atoms with van der Waals surface area (Å²) in [5.74, 6) is 1.42. The maximum absolute atomic E-state index is 11.2. The van der Waals surface area contributed by atoms with Crippen molar-refractivity contribution >= 4 is 11.8 Å². The van der Waals surface area contributed by atoms with Crippen molar-refractivity contribution in [1.82, 2.24) is 9.47 Å². The fourth-order valence-electron chi connectivity index (χ4n) is 3.67. The van der Waals surface area contributed by atoms with E-state index in [0.29, 0.717) is 36.6 Å². The van der Waals surface area contributed by atoms with Crippen molar-refractivity contribution in [3.8, 4) is 23.3 Å². The number of benzene rings is 2. The standard InChI is InChI=1S/C22H20N4O3/c23-12-20-21(24)19(15-10-11-25(13-15)22(27)28)14-26(20)16-6-8-18(9-7-16)29-17-4-2-1-3-5-17/h1-9,14-15H,10-11,13,24H2,(H,27,28). The van der Waals surface area contributed by atoms with Gasteiger partial charge in [0.1, 0.15) is 23.3 Å². The summed E-state index contributed by atoms with van der Waals surface area (Å²) in [5.41, 5.74) is 8.62. The number of nitrogens with two attached hydrogens (primary N) is 1. The molecule has 1 aromatic heterocycles. The van der Waals surface area contributed by atoms with Gasteiger partial charge in [0.2, 0.25) is 0 Å². The fraction of sp³-hybridized carbons (Fsp3) is 0.182. The molecule has 1 unspecified atom stereocenters. The van der Waals surface area contributed by atoms with Gasteiger partial charge in [0.05, 0.1) is 5.69 Å². The van der Waals surface area contributed by atoms with Crippen LogP contribution in [0.4, 0.5) is 10.5 Å². The lowest BCUT2D eigenvalue weighted by molar-refractivity contribution is 0.155. The molecule has 7 nitrogen and oxygen atoms in total. The lowest BCUT2D eigenvalue weighted by atomic mass is 10.00. The predicted molar refractivity (Wildman–Crippen MR) is 108 cm³/mol. The molecule has 0 bridgehead atoms. The van der Waals surface area contributed by atoms with E-state index in [0.717, 1.165) is 17.0 Å². The number of likely N-dealkylation sites (tertiary alicyclic amines) is 1. The Morgan fingerprint density at radius 2 is 1.83 bits per heavy atom. The summed E-state index contributed by atoms with van der Waals surface area (Å²) in [7, 11) is 0. The minimum absolute atomic E-state index is 0.0138. The average Bonchev–Trinajstić information content (AvgIpc) is 3.34. The zero-order valence-corrected chi connectivity index (χ0v) is 15.7. The van der Waals surface area contributed by atoms with Crippen molar-refractivity contribution in [2.45, 2.75) is 12.3 Å². The van der Waals surface area contributed by atoms with E-state index >= 15 is 0 Å². The van der Waals surface area contributed by atoms with Gasteiger partial charge >= 0.3 is 6.09 Å². The van der Waals surface area contributed by atoms with Crippen LogP contribution in [0.15, 0.2) is 60.8 Å². The third kappa shape index (κ3) is 3.60. The number of rotatable bonds is 4. The van der Waals surface area contributed by atoms with Crippen molar-refractivity contribution in [3.63, 3.8) is 0 Å². The topological polar surface area (TPSA) is 105 Å². The summed E-state index contributed by atoms with van der Waals surface area (Å²) in [5, 5.41) is 18.8. The third-order valence-electron chi connectivity index (χ3n) is 5.17. The van der Waals surface area contributed by atoms with E-state index in [9.17, 15) is 15.2 Å². The SMILES string of the molecule is N#Cc1c(N)c(C2CCN(C(=O)O)C2)cn1-c1ccc(Oc2ccccc2)cc1. The second-order valence-electron chi connectivity index (χ2n) is 6.95. The summed E-state index contributed by atoms with van der Waals surface area (Å²) < 4.78 is 7.56. The molecule has 2 aromatic carbocycles. The molecule has 1 aliphatic heterocycles. The number of carboxylic acid groups (broad SMARTS) is 1. The van der Waals surface area contributed by atoms with Crippen LogP contribution < -0.4 is 10.5 Å². The van der Waals surface area contributed by atoms with Gasteiger partial charge in [-0.1, -0.05) is 18.2 Å². The van der Waals surface area contributed by atoms with Crippen LogP contribution in [0.5, 0.6) is 11.5 Å². The van der Waals surface area contributed by atoms with Gasteiger partial charge < -0.3 is 25.0 Å². The Morgan fingerprint density at radius 3 is 2.45 bits per heavy atom. The maximum atomic E-state index is 11.2. The Balaban J connectivity index is 1.60. The van der Waals surface area contributed by atoms with Gasteiger partial charge in [0, 0.05) is 30.9 Å². The summed E-state index contributed by atoms with van der Waals surface area (Å²) in [6, 6.07) is 19.1. The van der Waals surface area contributed by atoms with Crippen LogP contribution in [0.25, 0.3) is 5.69 Å². The number of carbonyl (C=O) groups is 1. The number of hydrogen-bond acceptors (Lipinski definition) is 4. The lowest BCUT2D eigenvalue weighted by Crippen LogP contribution is -2.26. The van der Waals surface area contributed by atoms with Crippen LogP contribution >= 0.6 is 0 Å². The van der Waals surface area contributed by atoms with Crippen molar-refractivity contribution in [2.24, 2.45) is 0 Å². The largest absolute Gasteiger partial charge is 0.465 e. The van der Waals surface area contributed by atoms with Crippen LogP contribution in [-0.2, 0) is 0 Å². The normalized spacial score (nSPS) is 15.8. The Kier molecular flexibility index (Phi) is 4.83. The number of nitriles is 1. The van der Waals surface area contributed by atoms with E-state index in [1.807, 2.05) is 60.8 Å². The molecular formula is C22H20N4O3. The first-order valence-corrected chi connectivity index (χ1v) is 9.29. The van der Waals surface area contributed by atoms with Gasteiger partial charge in [-0.3, -0.25) is 0 Å². The van der Waals surface area contributed by atoms with E-state index in [4.69, 9.17) is 10.5 Å². The monoisotopic (exact) mass is 388 g/mol. The highest BCUT2D eigenvalue weighted by Crippen LogP contribution is 2.35. The summed E-state index contributed by atoms with van der Waals surface area (Å²) in [4.78, 5) is 12.6. The Labute approximate surface area is 168 Å². The number of aromatic nitrogens is 1. The van der Waals surface area contributed by atoms with Gasteiger partial charge in [-0.2, -0.15) is 5.26 Å². The number of hydrogen-bond donors (Lipinski definition) is 2. The van der Waals surface area contributed by atoms with Crippen LogP contribution in [0.2, 0.25) is 0 Å². The second kappa shape index (κ2) is 7.60. The zero-order valence-electron chi connectivity index (χ0n) is 15.7. The molecule has 4 rings (SSSR count). The van der Waals surface area contributed by atoms with Crippen molar-refractivity contribution < 1.29 is 14.6 Å². The van der Waals surface area contributed by atoms with Crippen LogP contribution in [0.3, 0.4) is 0 Å². The molecule has 3 aromatic rings. The first kappa shape index (κ1) is 18.4. The summed E-state index contributed by atoms with van der Waals surface area (Å²) in [6.45, 7) is 0.857. The molecule has 0 radical (unpaired) electrons. The first-order valence-electron chi connectivity index (χ1n) is 9.29. The van der Waals surface area contributed by atoms with E-state index in [2.05, 4.69) is 6.07 Å². The molecule has 3 N–H and O–H groups in total. The average molecular weight is 388 g/mol. The van der Waals surface area contributed by atoms with E-state index in [1.165, 1.54) is 4.90 Å². The predicted octanol–water partition coefficient (Wildman–Crippen LogP) is 4.19. The number of nitrogen functional groups attached to an aromatic ring is 1. The maximum Gasteiger partial charge on any atom is 0.407 e. The highest BCUT2D eigenvalue weighted by atomic mass is 16.5. The highest BCUT2D eigenvalue weighted by Gasteiger charge is 2.30. The molecule has 1 aliphatic rings. The molecule has 7 heteroatoms. The molecule has 0 aliphatic carbocycles. The number of amides is 1. The van der Waals surface area contributed by atoms with Crippen LogP contribution in [0, 0.1) is 11.3 Å². The molecule has 1 amide bonds. The summed E-state index contributed by atoms with van der Waals surface area (Å²) in [6.07, 6.45) is 1.60. The minimum atomic E-state index is -0.931. The number of anilines is 1. The van der Waals surface area contributed by atoms with Crippen molar-refractivity contribution in [1.29, 1.82) is 5.26 Å². The number of ether oxygens (including phenoxy) is 1. The Bertz CT molecular complexity index is 1070. The molecule has 0 spiro atoms. The van der Waals surface area contributed by atoms with E-state index in [-0.39, 0.29) is 5.92 Å².